The molecular weight excluding hydrogens is 492 g/mol. The normalized spacial score (nSPS) is 23.7. The Kier molecular flexibility index (Phi) is 7.99. The number of anilines is 1. The van der Waals surface area contributed by atoms with E-state index in [1.165, 1.54) is 16.0 Å². The Labute approximate surface area is 220 Å². The number of aryl methyl sites for hydroxylation is 1. The summed E-state index contributed by atoms with van der Waals surface area (Å²) >= 11 is 1.46. The van der Waals surface area contributed by atoms with Gasteiger partial charge in [0.1, 0.15) is 0 Å². The molecule has 2 aromatic heterocycles. The lowest BCUT2D eigenvalue weighted by molar-refractivity contribution is -0.0786. The lowest BCUT2D eigenvalue weighted by Crippen LogP contribution is -2.53. The highest BCUT2D eigenvalue weighted by Crippen LogP contribution is 2.53. The summed E-state index contributed by atoms with van der Waals surface area (Å²) in [5.41, 5.74) is 1.72. The van der Waals surface area contributed by atoms with Crippen LogP contribution in [0.2, 0.25) is 0 Å². The number of aromatic amines is 1. The summed E-state index contributed by atoms with van der Waals surface area (Å²) in [6.45, 7) is 7.42. The topological polar surface area (TPSA) is 113 Å². The number of nitrogens with zero attached hydrogens (tertiary/aromatic N) is 3. The molecule has 2 unspecified atom stereocenters. The molecular formula is C27H36N4O5S. The molecule has 2 fully saturated rings. The Morgan fingerprint density at radius 1 is 1.11 bits per heavy atom. The highest BCUT2D eigenvalue weighted by Gasteiger charge is 2.54. The van der Waals surface area contributed by atoms with Gasteiger partial charge in [-0.2, -0.15) is 4.98 Å². The lowest BCUT2D eigenvalue weighted by atomic mass is 9.65. The second kappa shape index (κ2) is 11.4. The standard InChI is InChI=1S/C27H36N4O5S/c1-3-5-14-36-25-24(37-27(28-25)30-12-15-35-16-13-30)21-22(32)20(23(21)33)19-18(9-4-2)29-31(26(19)34)17-10-7-6-8-11-17/h6-8,10-11,20-23,29,32-33H,3-5,9,12-16H2,1-2H3. The van der Waals surface area contributed by atoms with E-state index >= 15 is 0 Å². The van der Waals surface area contributed by atoms with Crippen LogP contribution in [0.4, 0.5) is 5.13 Å². The molecule has 1 saturated carbocycles. The molecule has 3 aromatic rings. The Morgan fingerprint density at radius 3 is 2.51 bits per heavy atom. The average molecular weight is 529 g/mol. The maximum atomic E-state index is 13.5. The number of aliphatic hydroxyl groups excluding tert-OH is 2. The van der Waals surface area contributed by atoms with Gasteiger partial charge in [-0.05, 0) is 25.0 Å². The van der Waals surface area contributed by atoms with Crippen molar-refractivity contribution in [3.8, 4) is 11.6 Å². The van der Waals surface area contributed by atoms with Gasteiger partial charge in [0.2, 0.25) is 5.88 Å². The number of hydrogen-bond donors (Lipinski definition) is 3. The molecule has 2 atom stereocenters. The fraction of sp³-hybridized carbons (Fsp3) is 0.556. The molecule has 0 spiro atoms. The first-order valence-corrected chi connectivity index (χ1v) is 14.1. The molecule has 0 bridgehead atoms. The van der Waals surface area contributed by atoms with E-state index < -0.39 is 24.0 Å². The van der Waals surface area contributed by atoms with E-state index in [1.54, 1.807) is 0 Å². The van der Waals surface area contributed by atoms with Gasteiger partial charge in [-0.15, -0.1) is 0 Å². The SMILES string of the molecule is CCCCOc1nc(N2CCOCC2)sc1C1C(O)C(c2c(CCC)[nH]n(-c3ccccc3)c2=O)C1O. The van der Waals surface area contributed by atoms with Crippen molar-refractivity contribution in [2.45, 2.75) is 63.6 Å². The van der Waals surface area contributed by atoms with E-state index in [4.69, 9.17) is 14.5 Å². The van der Waals surface area contributed by atoms with Gasteiger partial charge < -0.3 is 24.6 Å². The Bertz CT molecular complexity index is 1220. The van der Waals surface area contributed by atoms with Crippen molar-refractivity contribution in [2.24, 2.45) is 0 Å². The van der Waals surface area contributed by atoms with Crippen molar-refractivity contribution in [3.63, 3.8) is 0 Å². The molecule has 0 amide bonds. The molecule has 200 valence electrons. The van der Waals surface area contributed by atoms with Crippen LogP contribution in [0.1, 0.15) is 61.1 Å². The largest absolute Gasteiger partial charge is 0.477 e. The molecule has 1 aliphatic carbocycles. The number of ether oxygens (including phenoxy) is 2. The molecule has 10 heteroatoms. The minimum absolute atomic E-state index is 0.228. The quantitative estimate of drug-likeness (QED) is 0.347. The zero-order valence-electron chi connectivity index (χ0n) is 21.4. The number of aromatic nitrogens is 3. The number of rotatable bonds is 10. The average Bonchev–Trinajstić information content (AvgIpc) is 3.47. The fourth-order valence-corrected chi connectivity index (χ4v) is 6.46. The molecule has 1 aliphatic heterocycles. The first-order valence-electron chi connectivity index (χ1n) is 13.3. The number of benzene rings is 1. The van der Waals surface area contributed by atoms with E-state index in [0.717, 1.165) is 53.7 Å². The van der Waals surface area contributed by atoms with Crippen molar-refractivity contribution in [1.82, 2.24) is 14.8 Å². The van der Waals surface area contributed by atoms with Crippen LogP contribution in [-0.2, 0) is 11.2 Å². The summed E-state index contributed by atoms with van der Waals surface area (Å²) in [6.07, 6.45) is 1.52. The molecule has 5 rings (SSSR count). The van der Waals surface area contributed by atoms with Crippen LogP contribution in [0.25, 0.3) is 5.69 Å². The van der Waals surface area contributed by atoms with Crippen molar-refractivity contribution >= 4 is 16.5 Å². The minimum atomic E-state index is -0.926. The highest BCUT2D eigenvalue weighted by atomic mass is 32.1. The maximum Gasteiger partial charge on any atom is 0.275 e. The molecule has 3 N–H and O–H groups in total. The minimum Gasteiger partial charge on any atom is -0.477 e. The summed E-state index contributed by atoms with van der Waals surface area (Å²) in [4.78, 5) is 21.2. The Balaban J connectivity index is 1.46. The third-order valence-corrected chi connectivity index (χ3v) is 8.45. The van der Waals surface area contributed by atoms with E-state index in [2.05, 4.69) is 16.9 Å². The lowest BCUT2D eigenvalue weighted by Gasteiger charge is -2.45. The number of aliphatic hydroxyl groups is 2. The van der Waals surface area contributed by atoms with Crippen LogP contribution in [0.5, 0.6) is 5.88 Å². The van der Waals surface area contributed by atoms with Gasteiger partial charge >= 0.3 is 0 Å². The van der Waals surface area contributed by atoms with E-state index in [0.29, 0.717) is 37.7 Å². The third kappa shape index (κ3) is 4.95. The molecule has 2 aliphatic rings. The number of thiazole rings is 1. The maximum absolute atomic E-state index is 13.5. The van der Waals surface area contributed by atoms with E-state index in [1.807, 2.05) is 37.3 Å². The molecule has 9 nitrogen and oxygen atoms in total. The van der Waals surface area contributed by atoms with Crippen LogP contribution >= 0.6 is 11.3 Å². The smallest absolute Gasteiger partial charge is 0.275 e. The van der Waals surface area contributed by atoms with Crippen LogP contribution < -0.4 is 15.2 Å². The summed E-state index contributed by atoms with van der Waals surface area (Å²) in [7, 11) is 0. The van der Waals surface area contributed by atoms with Gasteiger partial charge in [0.05, 0.1) is 48.5 Å². The van der Waals surface area contributed by atoms with Gasteiger partial charge in [-0.25, -0.2) is 4.68 Å². The number of unbranched alkanes of at least 4 members (excludes halogenated alkanes) is 1. The van der Waals surface area contributed by atoms with Gasteiger partial charge in [-0.3, -0.25) is 9.89 Å². The number of H-pyrrole nitrogens is 1. The van der Waals surface area contributed by atoms with E-state index in [-0.39, 0.29) is 5.56 Å². The van der Waals surface area contributed by atoms with Gasteiger partial charge in [0.25, 0.3) is 5.56 Å². The zero-order valence-corrected chi connectivity index (χ0v) is 22.2. The highest BCUT2D eigenvalue weighted by molar-refractivity contribution is 7.16. The van der Waals surface area contributed by atoms with Crippen molar-refractivity contribution in [3.05, 3.63) is 56.8 Å². The van der Waals surface area contributed by atoms with Crippen molar-refractivity contribution in [2.75, 3.05) is 37.8 Å². The van der Waals surface area contributed by atoms with Crippen molar-refractivity contribution < 1.29 is 19.7 Å². The summed E-state index contributed by atoms with van der Waals surface area (Å²) in [5.74, 6) is -0.772. The molecule has 0 radical (unpaired) electrons. The van der Waals surface area contributed by atoms with Gasteiger partial charge in [-0.1, -0.05) is 56.2 Å². The first-order chi connectivity index (χ1) is 18.0. The van der Waals surface area contributed by atoms with Crippen LogP contribution in [0.15, 0.2) is 35.1 Å². The number of nitrogens with one attached hydrogen (secondary N) is 1. The monoisotopic (exact) mass is 528 g/mol. The zero-order chi connectivity index (χ0) is 25.9. The number of para-hydroxylation sites is 1. The van der Waals surface area contributed by atoms with Gasteiger partial charge in [0.15, 0.2) is 5.13 Å². The second-order valence-corrected chi connectivity index (χ2v) is 10.7. The predicted molar refractivity (Wildman–Crippen MR) is 143 cm³/mol. The van der Waals surface area contributed by atoms with Crippen LogP contribution in [-0.4, -0.2) is 70.1 Å². The van der Waals surface area contributed by atoms with Crippen LogP contribution in [0, 0.1) is 0 Å². The summed E-state index contributed by atoms with van der Waals surface area (Å²) < 4.78 is 13.0. The Hall–Kier alpha value is -2.66. The summed E-state index contributed by atoms with van der Waals surface area (Å²) in [6, 6.07) is 9.37. The van der Waals surface area contributed by atoms with E-state index in [9.17, 15) is 15.0 Å². The molecule has 37 heavy (non-hydrogen) atoms. The van der Waals surface area contributed by atoms with Crippen molar-refractivity contribution in [1.29, 1.82) is 0 Å². The second-order valence-electron chi connectivity index (χ2n) is 9.73. The number of hydrogen-bond acceptors (Lipinski definition) is 8. The third-order valence-electron chi connectivity index (χ3n) is 7.26. The summed E-state index contributed by atoms with van der Waals surface area (Å²) in [5, 5.41) is 26.9. The first kappa shape index (κ1) is 26.0. The Morgan fingerprint density at radius 2 is 1.84 bits per heavy atom. The molecule has 1 aromatic carbocycles. The molecule has 1 saturated heterocycles. The predicted octanol–water partition coefficient (Wildman–Crippen LogP) is 3.19. The fourth-order valence-electron chi connectivity index (χ4n) is 5.22. The number of morpholine rings is 1. The van der Waals surface area contributed by atoms with Crippen LogP contribution in [0.3, 0.4) is 0 Å². The van der Waals surface area contributed by atoms with Gasteiger partial charge in [0, 0.05) is 30.3 Å². The molecule has 3 heterocycles.